The first-order chi connectivity index (χ1) is 9.88. The smallest absolute Gasteiger partial charge is 0.233 e. The van der Waals surface area contributed by atoms with Gasteiger partial charge >= 0.3 is 0 Å². The van der Waals surface area contributed by atoms with Crippen LogP contribution >= 0.6 is 11.6 Å². The number of hydrogen-bond donors (Lipinski definition) is 2. The van der Waals surface area contributed by atoms with Gasteiger partial charge in [-0.15, -0.1) is 0 Å². The molecule has 1 aromatic carbocycles. The number of halogens is 1. The van der Waals surface area contributed by atoms with E-state index in [-0.39, 0.29) is 23.7 Å². The Morgan fingerprint density at radius 3 is 2.67 bits per heavy atom. The number of aryl methyl sites for hydroxylation is 1. The highest BCUT2D eigenvalue weighted by molar-refractivity contribution is 6.31. The normalized spacial score (nSPS) is 16.0. The van der Waals surface area contributed by atoms with E-state index in [2.05, 4.69) is 10.6 Å². The molecule has 1 fully saturated rings. The van der Waals surface area contributed by atoms with Gasteiger partial charge in [-0.05, 0) is 24.6 Å². The Labute approximate surface area is 129 Å². The molecule has 1 heterocycles. The van der Waals surface area contributed by atoms with Gasteiger partial charge in [-0.1, -0.05) is 24.6 Å². The summed E-state index contributed by atoms with van der Waals surface area (Å²) in [4.78, 5) is 23.6. The summed E-state index contributed by atoms with van der Waals surface area (Å²) in [6, 6.07) is 5.23. The van der Waals surface area contributed by atoms with E-state index in [4.69, 9.17) is 16.3 Å². The van der Waals surface area contributed by atoms with E-state index in [0.29, 0.717) is 30.5 Å². The van der Waals surface area contributed by atoms with E-state index in [0.717, 1.165) is 5.56 Å². The molecule has 2 N–H and O–H groups in total. The van der Waals surface area contributed by atoms with Gasteiger partial charge in [0.2, 0.25) is 11.8 Å². The van der Waals surface area contributed by atoms with Gasteiger partial charge in [-0.3, -0.25) is 9.59 Å². The predicted octanol–water partition coefficient (Wildman–Crippen LogP) is 2.13. The number of nitrogens with one attached hydrogen (secondary N) is 2. The zero-order valence-electron chi connectivity index (χ0n) is 12.2. The van der Waals surface area contributed by atoms with E-state index in [1.54, 1.807) is 12.1 Å². The standard InChI is InChI=1S/C15H19ClN2O3/c1-10-3-4-11(16)5-12(10)18-14(20)6-13(19)17-7-15(2)8-21-9-15/h3-5H,6-9H2,1-2H3,(H,17,19)(H,18,20). The average Bonchev–Trinajstić information content (AvgIpc) is 2.38. The Morgan fingerprint density at radius 2 is 2.05 bits per heavy atom. The Balaban J connectivity index is 1.81. The SMILES string of the molecule is Cc1ccc(Cl)cc1NC(=O)CC(=O)NCC1(C)COC1. The summed E-state index contributed by atoms with van der Waals surface area (Å²) in [5.41, 5.74) is 1.52. The van der Waals surface area contributed by atoms with Gasteiger partial charge < -0.3 is 15.4 Å². The van der Waals surface area contributed by atoms with Gasteiger partial charge in [0.1, 0.15) is 6.42 Å². The predicted molar refractivity (Wildman–Crippen MR) is 81.4 cm³/mol. The van der Waals surface area contributed by atoms with Gasteiger partial charge in [-0.25, -0.2) is 0 Å². The number of carbonyl (C=O) groups is 2. The third kappa shape index (κ3) is 4.44. The van der Waals surface area contributed by atoms with Crippen LogP contribution in [0.25, 0.3) is 0 Å². The fraction of sp³-hybridized carbons (Fsp3) is 0.467. The maximum atomic E-state index is 11.9. The first-order valence-electron chi connectivity index (χ1n) is 6.78. The summed E-state index contributed by atoms with van der Waals surface area (Å²) < 4.78 is 5.11. The van der Waals surface area contributed by atoms with Crippen molar-refractivity contribution in [3.8, 4) is 0 Å². The summed E-state index contributed by atoms with van der Waals surface area (Å²) in [6.45, 7) is 5.70. The summed E-state index contributed by atoms with van der Waals surface area (Å²) in [5, 5.41) is 6.00. The lowest BCUT2D eigenvalue weighted by atomic mass is 9.89. The first-order valence-corrected chi connectivity index (χ1v) is 7.16. The average molecular weight is 311 g/mol. The lowest BCUT2D eigenvalue weighted by Gasteiger charge is -2.37. The van der Waals surface area contributed by atoms with Crippen molar-refractivity contribution in [1.82, 2.24) is 5.32 Å². The van der Waals surface area contributed by atoms with Crippen LogP contribution in [0.2, 0.25) is 5.02 Å². The van der Waals surface area contributed by atoms with Crippen LogP contribution in [0.15, 0.2) is 18.2 Å². The van der Waals surface area contributed by atoms with Crippen LogP contribution in [0.4, 0.5) is 5.69 Å². The molecule has 1 saturated heterocycles. The summed E-state index contributed by atoms with van der Waals surface area (Å²) >= 11 is 5.89. The van der Waals surface area contributed by atoms with Crippen LogP contribution < -0.4 is 10.6 Å². The van der Waals surface area contributed by atoms with Crippen molar-refractivity contribution in [2.45, 2.75) is 20.3 Å². The van der Waals surface area contributed by atoms with Crippen LogP contribution in [0.5, 0.6) is 0 Å². The van der Waals surface area contributed by atoms with Crippen molar-refractivity contribution < 1.29 is 14.3 Å². The second kappa shape index (κ2) is 6.45. The zero-order valence-corrected chi connectivity index (χ0v) is 12.9. The number of ether oxygens (including phenoxy) is 1. The van der Waals surface area contributed by atoms with E-state index in [1.165, 1.54) is 0 Å². The number of rotatable bonds is 5. The van der Waals surface area contributed by atoms with Gasteiger partial charge in [0.25, 0.3) is 0 Å². The molecule has 21 heavy (non-hydrogen) atoms. The Bertz CT molecular complexity index is 556. The fourth-order valence-corrected chi connectivity index (χ4v) is 2.17. The summed E-state index contributed by atoms with van der Waals surface area (Å²) in [6.07, 6.45) is -0.205. The maximum Gasteiger partial charge on any atom is 0.233 e. The van der Waals surface area contributed by atoms with Crippen LogP contribution in [-0.4, -0.2) is 31.6 Å². The van der Waals surface area contributed by atoms with Crippen molar-refractivity contribution in [3.05, 3.63) is 28.8 Å². The van der Waals surface area contributed by atoms with Crippen LogP contribution in [0.1, 0.15) is 18.9 Å². The number of hydrogen-bond acceptors (Lipinski definition) is 3. The van der Waals surface area contributed by atoms with Crippen molar-refractivity contribution in [3.63, 3.8) is 0 Å². The molecule has 0 spiro atoms. The van der Waals surface area contributed by atoms with E-state index >= 15 is 0 Å². The number of carbonyl (C=O) groups excluding carboxylic acids is 2. The third-order valence-electron chi connectivity index (χ3n) is 3.41. The minimum atomic E-state index is -0.354. The number of anilines is 1. The van der Waals surface area contributed by atoms with Crippen LogP contribution in [-0.2, 0) is 14.3 Å². The largest absolute Gasteiger partial charge is 0.380 e. The lowest BCUT2D eigenvalue weighted by Crippen LogP contribution is -2.48. The highest BCUT2D eigenvalue weighted by Crippen LogP contribution is 2.25. The Kier molecular flexibility index (Phi) is 4.85. The first kappa shape index (κ1) is 15.8. The molecule has 114 valence electrons. The number of amides is 2. The molecular weight excluding hydrogens is 292 g/mol. The van der Waals surface area contributed by atoms with E-state index in [1.807, 2.05) is 19.9 Å². The Hall–Kier alpha value is -1.59. The fourth-order valence-electron chi connectivity index (χ4n) is 2.00. The van der Waals surface area contributed by atoms with Crippen molar-refractivity contribution in [2.24, 2.45) is 5.41 Å². The maximum absolute atomic E-state index is 11.9. The van der Waals surface area contributed by atoms with Crippen LogP contribution in [0, 0.1) is 12.3 Å². The van der Waals surface area contributed by atoms with E-state index < -0.39 is 0 Å². The molecule has 0 unspecified atom stereocenters. The Morgan fingerprint density at radius 1 is 1.33 bits per heavy atom. The van der Waals surface area contributed by atoms with Crippen molar-refractivity contribution in [2.75, 3.05) is 25.1 Å². The zero-order chi connectivity index (χ0) is 15.5. The summed E-state index contributed by atoms with van der Waals surface area (Å²) in [5.74, 6) is -0.645. The topological polar surface area (TPSA) is 67.4 Å². The van der Waals surface area contributed by atoms with Crippen molar-refractivity contribution in [1.29, 1.82) is 0 Å². The molecule has 0 radical (unpaired) electrons. The molecule has 6 heteroatoms. The van der Waals surface area contributed by atoms with Crippen LogP contribution in [0.3, 0.4) is 0 Å². The molecule has 0 bridgehead atoms. The van der Waals surface area contributed by atoms with Gasteiger partial charge in [-0.2, -0.15) is 0 Å². The molecule has 1 aliphatic heterocycles. The highest BCUT2D eigenvalue weighted by Gasteiger charge is 2.33. The van der Waals surface area contributed by atoms with Gasteiger partial charge in [0, 0.05) is 22.7 Å². The third-order valence-corrected chi connectivity index (χ3v) is 3.64. The molecule has 0 atom stereocenters. The molecular formula is C15H19ClN2O3. The monoisotopic (exact) mass is 310 g/mol. The molecule has 1 aromatic rings. The second-order valence-corrected chi connectivity index (χ2v) is 6.20. The molecule has 5 nitrogen and oxygen atoms in total. The quantitative estimate of drug-likeness (QED) is 0.819. The minimum Gasteiger partial charge on any atom is -0.380 e. The molecule has 0 aromatic heterocycles. The highest BCUT2D eigenvalue weighted by atomic mass is 35.5. The molecule has 2 rings (SSSR count). The molecule has 0 aliphatic carbocycles. The molecule has 0 saturated carbocycles. The van der Waals surface area contributed by atoms with E-state index in [9.17, 15) is 9.59 Å². The minimum absolute atomic E-state index is 0.00429. The van der Waals surface area contributed by atoms with Gasteiger partial charge in [0.15, 0.2) is 0 Å². The molecule has 2 amide bonds. The van der Waals surface area contributed by atoms with Gasteiger partial charge in [0.05, 0.1) is 13.2 Å². The van der Waals surface area contributed by atoms with Crippen molar-refractivity contribution >= 4 is 29.1 Å². The number of benzene rings is 1. The summed E-state index contributed by atoms with van der Waals surface area (Å²) in [7, 11) is 0. The lowest BCUT2D eigenvalue weighted by molar-refractivity contribution is -0.130. The second-order valence-electron chi connectivity index (χ2n) is 5.76. The molecule has 1 aliphatic rings.